The number of carbonyl (C=O) groups is 1. The van der Waals surface area contributed by atoms with Crippen molar-refractivity contribution in [1.29, 1.82) is 5.26 Å². The standard InChI is InChI=1S/C6H4Br2N6O/c7-6(8,1-9)2(15)3-12-4(10)14-5(11)13-3/h(H4,10,11,12,13,14). The molecule has 78 valence electrons. The number of nitrogens with zero attached hydrogens (tertiary/aromatic N) is 4. The molecule has 0 aliphatic carbocycles. The number of aromatic nitrogens is 3. The van der Waals surface area contributed by atoms with Crippen LogP contribution in [0.2, 0.25) is 0 Å². The summed E-state index contributed by atoms with van der Waals surface area (Å²) >= 11 is 5.71. The summed E-state index contributed by atoms with van der Waals surface area (Å²) in [6.45, 7) is 0. The van der Waals surface area contributed by atoms with Gasteiger partial charge in [-0.05, 0) is 31.9 Å². The molecule has 0 saturated carbocycles. The molecule has 0 bridgehead atoms. The van der Waals surface area contributed by atoms with Crippen molar-refractivity contribution >= 4 is 49.5 Å². The molecular formula is C6H4Br2N6O. The van der Waals surface area contributed by atoms with Gasteiger partial charge in [-0.1, -0.05) is 0 Å². The van der Waals surface area contributed by atoms with E-state index in [0.717, 1.165) is 0 Å². The number of ketones is 1. The number of rotatable bonds is 2. The Kier molecular flexibility index (Phi) is 3.21. The third-order valence-electron chi connectivity index (χ3n) is 1.30. The second-order valence-corrected chi connectivity index (χ2v) is 5.83. The molecule has 0 aromatic carbocycles. The number of carbonyl (C=O) groups excluding carboxylic acids is 1. The van der Waals surface area contributed by atoms with Gasteiger partial charge in [0.25, 0.3) is 0 Å². The van der Waals surface area contributed by atoms with Crippen molar-refractivity contribution in [3.63, 3.8) is 0 Å². The van der Waals surface area contributed by atoms with Crippen LogP contribution in [-0.2, 0) is 0 Å². The monoisotopic (exact) mass is 334 g/mol. The Morgan fingerprint density at radius 2 is 1.73 bits per heavy atom. The molecule has 0 amide bonds. The first kappa shape index (κ1) is 11.8. The van der Waals surface area contributed by atoms with Crippen LogP contribution in [0.4, 0.5) is 11.9 Å². The van der Waals surface area contributed by atoms with Crippen LogP contribution in [0.15, 0.2) is 0 Å². The van der Waals surface area contributed by atoms with E-state index in [4.69, 9.17) is 16.7 Å². The molecule has 0 radical (unpaired) electrons. The van der Waals surface area contributed by atoms with Crippen molar-refractivity contribution in [2.45, 2.75) is 3.23 Å². The molecule has 0 aliphatic rings. The average Bonchev–Trinajstić information content (AvgIpc) is 2.15. The SMILES string of the molecule is N#CC(Br)(Br)C(=O)c1nc(N)nc(N)n1. The van der Waals surface area contributed by atoms with E-state index >= 15 is 0 Å². The minimum absolute atomic E-state index is 0.181. The van der Waals surface area contributed by atoms with E-state index in [1.807, 2.05) is 0 Å². The summed E-state index contributed by atoms with van der Waals surface area (Å²) in [6, 6.07) is 1.68. The lowest BCUT2D eigenvalue weighted by molar-refractivity contribution is 0.0987. The lowest BCUT2D eigenvalue weighted by atomic mass is 10.3. The zero-order valence-electron chi connectivity index (χ0n) is 7.11. The third-order valence-corrected chi connectivity index (χ3v) is 2.37. The minimum atomic E-state index is -1.58. The summed E-state index contributed by atoms with van der Waals surface area (Å²) in [5.74, 6) is -1.35. The molecule has 4 N–H and O–H groups in total. The van der Waals surface area contributed by atoms with Crippen LogP contribution in [0.3, 0.4) is 0 Å². The van der Waals surface area contributed by atoms with Crippen LogP contribution in [0.1, 0.15) is 10.6 Å². The zero-order valence-corrected chi connectivity index (χ0v) is 10.3. The Morgan fingerprint density at radius 3 is 2.13 bits per heavy atom. The smallest absolute Gasteiger partial charge is 0.242 e. The highest BCUT2D eigenvalue weighted by Gasteiger charge is 2.35. The summed E-state index contributed by atoms with van der Waals surface area (Å²) in [5, 5.41) is 8.67. The Morgan fingerprint density at radius 1 is 1.27 bits per heavy atom. The predicted octanol–water partition coefficient (Wildman–Crippen LogP) is 0.228. The molecule has 0 unspecified atom stereocenters. The lowest BCUT2D eigenvalue weighted by Crippen LogP contribution is -2.26. The molecule has 1 aromatic rings. The van der Waals surface area contributed by atoms with E-state index in [2.05, 4.69) is 46.8 Å². The van der Waals surface area contributed by atoms with Crippen LogP contribution in [0.25, 0.3) is 0 Å². The highest BCUT2D eigenvalue weighted by atomic mass is 79.9. The molecule has 1 heterocycles. The lowest BCUT2D eigenvalue weighted by Gasteiger charge is -2.08. The van der Waals surface area contributed by atoms with Crippen molar-refractivity contribution in [1.82, 2.24) is 15.0 Å². The second kappa shape index (κ2) is 4.08. The molecular weight excluding hydrogens is 332 g/mol. The van der Waals surface area contributed by atoms with E-state index in [-0.39, 0.29) is 17.7 Å². The normalized spacial score (nSPS) is 10.7. The fourth-order valence-corrected chi connectivity index (χ4v) is 1.06. The summed E-state index contributed by atoms with van der Waals surface area (Å²) in [7, 11) is 0. The van der Waals surface area contributed by atoms with Crippen molar-refractivity contribution < 1.29 is 4.79 Å². The van der Waals surface area contributed by atoms with E-state index in [9.17, 15) is 4.79 Å². The molecule has 0 aliphatic heterocycles. The molecule has 0 atom stereocenters. The van der Waals surface area contributed by atoms with Gasteiger partial charge in [0, 0.05) is 0 Å². The topological polar surface area (TPSA) is 132 Å². The van der Waals surface area contributed by atoms with E-state index in [0.29, 0.717) is 0 Å². The molecule has 7 nitrogen and oxygen atoms in total. The van der Waals surface area contributed by atoms with Crippen LogP contribution < -0.4 is 11.5 Å². The summed E-state index contributed by atoms with van der Waals surface area (Å²) < 4.78 is -1.58. The highest BCUT2D eigenvalue weighted by molar-refractivity contribution is 9.26. The maximum atomic E-state index is 11.6. The average molecular weight is 336 g/mol. The van der Waals surface area contributed by atoms with Crippen molar-refractivity contribution in [3.8, 4) is 6.07 Å². The molecule has 15 heavy (non-hydrogen) atoms. The Balaban J connectivity index is 3.19. The fourth-order valence-electron chi connectivity index (χ4n) is 0.702. The number of alkyl halides is 2. The predicted molar refractivity (Wildman–Crippen MR) is 59.2 cm³/mol. The fraction of sp³-hybridized carbons (Fsp3) is 0.167. The minimum Gasteiger partial charge on any atom is -0.368 e. The van der Waals surface area contributed by atoms with Gasteiger partial charge in [0.2, 0.25) is 26.7 Å². The largest absolute Gasteiger partial charge is 0.368 e. The van der Waals surface area contributed by atoms with Gasteiger partial charge in [-0.15, -0.1) is 0 Å². The Bertz CT molecular complexity index is 433. The van der Waals surface area contributed by atoms with Crippen molar-refractivity contribution in [2.24, 2.45) is 0 Å². The number of halogens is 2. The molecule has 0 fully saturated rings. The quantitative estimate of drug-likeness (QED) is 0.583. The van der Waals surface area contributed by atoms with Crippen LogP contribution in [0, 0.1) is 11.3 Å². The van der Waals surface area contributed by atoms with Gasteiger partial charge in [-0.2, -0.15) is 20.2 Å². The van der Waals surface area contributed by atoms with Gasteiger partial charge >= 0.3 is 0 Å². The van der Waals surface area contributed by atoms with Crippen LogP contribution >= 0.6 is 31.9 Å². The Hall–Kier alpha value is -1.27. The number of anilines is 2. The Labute approximate surface area is 101 Å². The first-order valence-electron chi connectivity index (χ1n) is 3.47. The molecule has 0 saturated heterocycles. The summed E-state index contributed by atoms with van der Waals surface area (Å²) in [6.07, 6.45) is 0. The summed E-state index contributed by atoms with van der Waals surface area (Å²) in [5.41, 5.74) is 10.5. The molecule has 9 heteroatoms. The van der Waals surface area contributed by atoms with E-state index in [1.54, 1.807) is 6.07 Å². The van der Waals surface area contributed by atoms with Crippen LogP contribution in [-0.4, -0.2) is 24.0 Å². The number of hydrogen-bond donors (Lipinski definition) is 2. The highest BCUT2D eigenvalue weighted by Crippen LogP contribution is 2.28. The third kappa shape index (κ3) is 2.60. The molecule has 1 rings (SSSR count). The van der Waals surface area contributed by atoms with Gasteiger partial charge in [0.05, 0.1) is 0 Å². The van der Waals surface area contributed by atoms with Crippen molar-refractivity contribution in [3.05, 3.63) is 5.82 Å². The van der Waals surface area contributed by atoms with E-state index in [1.165, 1.54) is 0 Å². The molecule has 0 spiro atoms. The van der Waals surface area contributed by atoms with Gasteiger partial charge in [0.1, 0.15) is 6.07 Å². The van der Waals surface area contributed by atoms with Crippen LogP contribution in [0.5, 0.6) is 0 Å². The van der Waals surface area contributed by atoms with Gasteiger partial charge in [-0.3, -0.25) is 4.79 Å². The van der Waals surface area contributed by atoms with Crippen molar-refractivity contribution in [2.75, 3.05) is 11.5 Å². The van der Waals surface area contributed by atoms with E-state index < -0.39 is 9.02 Å². The second-order valence-electron chi connectivity index (χ2n) is 2.39. The van der Waals surface area contributed by atoms with Gasteiger partial charge in [-0.25, -0.2) is 0 Å². The van der Waals surface area contributed by atoms with Gasteiger partial charge in [0.15, 0.2) is 0 Å². The zero-order chi connectivity index (χ0) is 11.6. The first-order chi connectivity index (χ1) is 6.86. The number of nitrogen functional groups attached to an aromatic ring is 2. The number of hydrogen-bond acceptors (Lipinski definition) is 7. The maximum Gasteiger partial charge on any atom is 0.242 e. The number of nitriles is 1. The summed E-state index contributed by atoms with van der Waals surface area (Å²) in [4.78, 5) is 22.2. The maximum absolute atomic E-state index is 11.6. The molecule has 1 aromatic heterocycles. The number of nitrogens with two attached hydrogens (primary N) is 2. The first-order valence-corrected chi connectivity index (χ1v) is 5.06. The number of Topliss-reactive ketones (excluding diaryl/α,β-unsaturated/α-hetero) is 1. The van der Waals surface area contributed by atoms with Gasteiger partial charge < -0.3 is 11.5 Å².